The summed E-state index contributed by atoms with van der Waals surface area (Å²) in [7, 11) is 0. The highest BCUT2D eigenvalue weighted by atomic mass is 35.5. The molecule has 0 bridgehead atoms. The van der Waals surface area contributed by atoms with Crippen LogP contribution in [-0.2, 0) is 9.59 Å². The number of halogens is 2. The minimum atomic E-state index is -1.08. The van der Waals surface area contributed by atoms with Crippen LogP contribution in [0.5, 0.6) is 0 Å². The lowest BCUT2D eigenvalue weighted by molar-refractivity contribution is -0.161. The number of pyridine rings is 1. The molecule has 37 heavy (non-hydrogen) atoms. The number of rotatable bonds is 8. The number of likely N-dealkylation sites (tertiary alicyclic amines) is 1. The molecule has 1 saturated carbocycles. The fourth-order valence-electron chi connectivity index (χ4n) is 5.84. The maximum atomic E-state index is 14.5. The number of carboxylic acids is 1. The van der Waals surface area contributed by atoms with Crippen LogP contribution in [0, 0.1) is 11.3 Å². The Balaban J connectivity index is 1.72. The van der Waals surface area contributed by atoms with E-state index in [0.29, 0.717) is 22.4 Å². The predicted octanol–water partition coefficient (Wildman–Crippen LogP) is 7.47. The van der Waals surface area contributed by atoms with Crippen molar-refractivity contribution in [2.24, 2.45) is 11.3 Å². The Morgan fingerprint density at radius 2 is 1.81 bits per heavy atom. The van der Waals surface area contributed by atoms with Crippen molar-refractivity contribution in [3.63, 3.8) is 0 Å². The second-order valence-corrected chi connectivity index (χ2v) is 11.5. The van der Waals surface area contributed by atoms with Gasteiger partial charge in [0.1, 0.15) is 0 Å². The summed E-state index contributed by atoms with van der Waals surface area (Å²) in [6.07, 6.45) is 4.94. The van der Waals surface area contributed by atoms with Gasteiger partial charge in [0.15, 0.2) is 0 Å². The Labute approximate surface area is 227 Å². The zero-order valence-electron chi connectivity index (χ0n) is 20.7. The highest BCUT2D eigenvalue weighted by molar-refractivity contribution is 6.30. The smallest absolute Gasteiger partial charge is 0.304 e. The standard InChI is InChI=1S/C30H30Cl2N2O3/c1-30(18-27(35)36)17-24(21-5-4-6-23(32)16-21)28(20-10-12-22(31)13-11-20)34(29(30)37)26(15-19-8-9-19)25-7-2-3-14-33-25/h2-7,10-14,16,19,24,26,28H,8-9,15,17-18H2,1H3,(H,35,36)/t24-,26?,28-,30-/m1/s1. The van der Waals surface area contributed by atoms with E-state index in [4.69, 9.17) is 23.2 Å². The van der Waals surface area contributed by atoms with Crippen LogP contribution in [0.25, 0.3) is 0 Å². The molecule has 192 valence electrons. The number of aromatic nitrogens is 1. The summed E-state index contributed by atoms with van der Waals surface area (Å²) in [5.41, 5.74) is 1.67. The summed E-state index contributed by atoms with van der Waals surface area (Å²) >= 11 is 12.7. The number of benzene rings is 2. The average Bonchev–Trinajstić information content (AvgIpc) is 3.69. The molecule has 4 atom stereocenters. The van der Waals surface area contributed by atoms with Gasteiger partial charge in [-0.15, -0.1) is 0 Å². The third-order valence-electron chi connectivity index (χ3n) is 7.75. The van der Waals surface area contributed by atoms with Crippen molar-refractivity contribution in [2.45, 2.75) is 57.0 Å². The first-order chi connectivity index (χ1) is 17.7. The second kappa shape index (κ2) is 10.5. The molecule has 1 N–H and O–H groups in total. The van der Waals surface area contributed by atoms with Crippen LogP contribution in [0.2, 0.25) is 10.0 Å². The van der Waals surface area contributed by atoms with Gasteiger partial charge in [-0.2, -0.15) is 0 Å². The Kier molecular flexibility index (Phi) is 7.28. The van der Waals surface area contributed by atoms with Gasteiger partial charge in [-0.25, -0.2) is 0 Å². The molecule has 2 fully saturated rings. The number of hydrogen-bond acceptors (Lipinski definition) is 3. The van der Waals surface area contributed by atoms with Crippen LogP contribution in [0.1, 0.15) is 73.9 Å². The SMILES string of the molecule is C[C@]1(CC(=O)O)C[C@H](c2cccc(Cl)c2)[C@@H](c2ccc(Cl)cc2)N(C(CC2CC2)c2ccccn2)C1=O. The van der Waals surface area contributed by atoms with Gasteiger partial charge >= 0.3 is 5.97 Å². The van der Waals surface area contributed by atoms with Crippen LogP contribution in [0.3, 0.4) is 0 Å². The fourth-order valence-corrected chi connectivity index (χ4v) is 6.17. The van der Waals surface area contributed by atoms with Gasteiger partial charge in [0.2, 0.25) is 5.91 Å². The quantitative estimate of drug-likeness (QED) is 0.324. The van der Waals surface area contributed by atoms with Gasteiger partial charge in [-0.3, -0.25) is 14.6 Å². The van der Waals surface area contributed by atoms with E-state index in [-0.39, 0.29) is 30.3 Å². The Hall–Kier alpha value is -2.89. The van der Waals surface area contributed by atoms with Gasteiger partial charge in [0.05, 0.1) is 29.6 Å². The molecule has 0 spiro atoms. The number of piperidine rings is 1. The van der Waals surface area contributed by atoms with Crippen LogP contribution in [-0.4, -0.2) is 26.9 Å². The number of nitrogens with zero attached hydrogens (tertiary/aromatic N) is 2. The normalized spacial score (nSPS) is 24.6. The summed E-state index contributed by atoms with van der Waals surface area (Å²) in [6.45, 7) is 1.79. The molecule has 1 aliphatic heterocycles. The predicted molar refractivity (Wildman–Crippen MR) is 145 cm³/mol. The number of carboxylic acid groups (broad SMARTS) is 1. The van der Waals surface area contributed by atoms with Crippen molar-refractivity contribution >= 4 is 35.1 Å². The van der Waals surface area contributed by atoms with Gasteiger partial charge in [0, 0.05) is 22.2 Å². The first-order valence-corrected chi connectivity index (χ1v) is 13.5. The maximum absolute atomic E-state index is 14.5. The van der Waals surface area contributed by atoms with E-state index in [1.165, 1.54) is 0 Å². The molecule has 1 aromatic heterocycles. The Bertz CT molecular complexity index is 1280. The fraction of sp³-hybridized carbons (Fsp3) is 0.367. The van der Waals surface area contributed by atoms with Crippen molar-refractivity contribution < 1.29 is 14.7 Å². The Morgan fingerprint density at radius 3 is 2.43 bits per heavy atom. The van der Waals surface area contributed by atoms with E-state index < -0.39 is 11.4 Å². The molecule has 7 heteroatoms. The number of carbonyl (C=O) groups excluding carboxylic acids is 1. The van der Waals surface area contributed by atoms with E-state index in [0.717, 1.165) is 36.1 Å². The molecule has 3 aromatic rings. The topological polar surface area (TPSA) is 70.5 Å². The van der Waals surface area contributed by atoms with E-state index in [1.807, 2.05) is 71.6 Å². The lowest BCUT2D eigenvalue weighted by Crippen LogP contribution is -2.53. The van der Waals surface area contributed by atoms with Crippen molar-refractivity contribution in [3.8, 4) is 0 Å². The van der Waals surface area contributed by atoms with Crippen molar-refractivity contribution in [1.29, 1.82) is 0 Å². The van der Waals surface area contributed by atoms with Crippen LogP contribution in [0.4, 0.5) is 0 Å². The minimum absolute atomic E-state index is 0.149. The molecule has 2 aromatic carbocycles. The zero-order valence-corrected chi connectivity index (χ0v) is 22.2. The average molecular weight is 537 g/mol. The van der Waals surface area contributed by atoms with Crippen LogP contribution >= 0.6 is 23.2 Å². The first kappa shape index (κ1) is 25.7. The number of carbonyl (C=O) groups is 2. The summed E-state index contributed by atoms with van der Waals surface area (Å²) in [6, 6.07) is 20.5. The van der Waals surface area contributed by atoms with Crippen LogP contribution < -0.4 is 0 Å². The highest BCUT2D eigenvalue weighted by Crippen LogP contribution is 2.55. The minimum Gasteiger partial charge on any atom is -0.481 e. The van der Waals surface area contributed by atoms with Gasteiger partial charge in [0.25, 0.3) is 0 Å². The molecule has 2 aliphatic rings. The summed E-state index contributed by atoms with van der Waals surface area (Å²) in [5, 5.41) is 11.1. The van der Waals surface area contributed by atoms with E-state index in [1.54, 1.807) is 13.1 Å². The van der Waals surface area contributed by atoms with Gasteiger partial charge in [-0.05, 0) is 66.3 Å². The first-order valence-electron chi connectivity index (χ1n) is 12.7. The third-order valence-corrected chi connectivity index (χ3v) is 8.24. The molecule has 5 nitrogen and oxygen atoms in total. The number of aliphatic carboxylic acids is 1. The van der Waals surface area contributed by atoms with E-state index >= 15 is 0 Å². The molecule has 1 saturated heterocycles. The van der Waals surface area contributed by atoms with Crippen molar-refractivity contribution in [1.82, 2.24) is 9.88 Å². The maximum Gasteiger partial charge on any atom is 0.304 e. The van der Waals surface area contributed by atoms with E-state index in [2.05, 4.69) is 4.98 Å². The van der Waals surface area contributed by atoms with Gasteiger partial charge < -0.3 is 10.0 Å². The number of hydrogen-bond donors (Lipinski definition) is 1. The molecule has 0 radical (unpaired) electrons. The molecular formula is C30H30Cl2N2O3. The second-order valence-electron chi connectivity index (χ2n) is 10.7. The molecule has 1 amide bonds. The monoisotopic (exact) mass is 536 g/mol. The Morgan fingerprint density at radius 1 is 1.05 bits per heavy atom. The molecule has 2 heterocycles. The lowest BCUT2D eigenvalue weighted by Gasteiger charge is -2.52. The molecule has 1 unspecified atom stereocenters. The summed E-state index contributed by atoms with van der Waals surface area (Å²) < 4.78 is 0. The number of amides is 1. The summed E-state index contributed by atoms with van der Waals surface area (Å²) in [5.74, 6) is -0.790. The van der Waals surface area contributed by atoms with Crippen molar-refractivity contribution in [2.75, 3.05) is 0 Å². The largest absolute Gasteiger partial charge is 0.481 e. The molecule has 5 rings (SSSR count). The third kappa shape index (κ3) is 5.53. The molecule has 1 aliphatic carbocycles. The van der Waals surface area contributed by atoms with Crippen molar-refractivity contribution in [3.05, 3.63) is 99.8 Å². The van der Waals surface area contributed by atoms with Gasteiger partial charge in [-0.1, -0.05) is 73.3 Å². The lowest BCUT2D eigenvalue weighted by atomic mass is 9.66. The van der Waals surface area contributed by atoms with Crippen LogP contribution in [0.15, 0.2) is 72.9 Å². The highest BCUT2D eigenvalue weighted by Gasteiger charge is 2.53. The van der Waals surface area contributed by atoms with E-state index in [9.17, 15) is 14.7 Å². The zero-order chi connectivity index (χ0) is 26.2. The molecular weight excluding hydrogens is 507 g/mol. The summed E-state index contributed by atoms with van der Waals surface area (Å²) in [4.78, 5) is 33.1.